The molecule has 11 nitrogen and oxygen atoms in total. The number of urea groups is 1. The van der Waals surface area contributed by atoms with Gasteiger partial charge in [0, 0.05) is 38.3 Å². The summed E-state index contributed by atoms with van der Waals surface area (Å²) >= 11 is 6.12. The molecule has 0 aromatic heterocycles. The van der Waals surface area contributed by atoms with Crippen LogP contribution in [-0.4, -0.2) is 75.2 Å². The minimum atomic E-state index is -1.08. The van der Waals surface area contributed by atoms with Crippen LogP contribution in [0.2, 0.25) is 5.02 Å². The van der Waals surface area contributed by atoms with E-state index in [4.69, 9.17) is 21.1 Å². The molecule has 0 saturated heterocycles. The molecule has 50 heavy (non-hydrogen) atoms. The number of phenolic OH excluding ortho intramolecular Hbond substituents is 1. The molecule has 0 fully saturated rings. The minimum absolute atomic E-state index is 0.0374. The van der Waals surface area contributed by atoms with Gasteiger partial charge in [-0.05, 0) is 74.8 Å². The van der Waals surface area contributed by atoms with Crippen molar-refractivity contribution in [3.8, 4) is 11.5 Å². The number of aldehydes is 1. The molecule has 3 aromatic rings. The van der Waals surface area contributed by atoms with Gasteiger partial charge in [-0.15, -0.1) is 0 Å². The number of hydrogen-bond acceptors (Lipinski definition) is 8. The maximum atomic E-state index is 13.4. The number of aromatic hydroxyl groups is 1. The number of benzene rings is 3. The van der Waals surface area contributed by atoms with Crippen molar-refractivity contribution in [3.05, 3.63) is 82.4 Å². The number of rotatable bonds is 15. The van der Waals surface area contributed by atoms with Crippen molar-refractivity contribution in [1.82, 2.24) is 10.6 Å². The summed E-state index contributed by atoms with van der Waals surface area (Å²) in [6.45, 7) is 15.5. The Bertz CT molecular complexity index is 1500. The number of esters is 1. The zero-order valence-electron chi connectivity index (χ0n) is 30.7. The van der Waals surface area contributed by atoms with E-state index in [1.165, 1.54) is 28.0 Å². The summed E-state index contributed by atoms with van der Waals surface area (Å²) in [5.41, 5.74) is 1.82. The van der Waals surface area contributed by atoms with Crippen LogP contribution in [0.3, 0.4) is 0 Å². The van der Waals surface area contributed by atoms with Gasteiger partial charge < -0.3 is 25.2 Å². The van der Waals surface area contributed by atoms with Crippen molar-refractivity contribution in [3.63, 3.8) is 0 Å². The normalized spacial score (nSPS) is 10.8. The number of nitrogens with zero attached hydrogens (tertiary/aromatic N) is 2. The molecule has 0 radical (unpaired) electrons. The first kappa shape index (κ1) is 43.4. The van der Waals surface area contributed by atoms with Gasteiger partial charge in [0.05, 0.1) is 22.4 Å². The molecular weight excluding hydrogens is 660 g/mol. The van der Waals surface area contributed by atoms with E-state index < -0.39 is 30.1 Å². The fourth-order valence-electron chi connectivity index (χ4n) is 4.57. The smallest absolute Gasteiger partial charge is 0.329 e. The highest BCUT2D eigenvalue weighted by Crippen LogP contribution is 2.27. The third-order valence-corrected chi connectivity index (χ3v) is 7.27. The Morgan fingerprint density at radius 3 is 2.18 bits per heavy atom. The Balaban J connectivity index is 0.00000301. The fraction of sp³-hybridized carbons (Fsp3) is 0.421. The van der Waals surface area contributed by atoms with Crippen LogP contribution in [0.1, 0.15) is 81.2 Å². The summed E-state index contributed by atoms with van der Waals surface area (Å²) in [5, 5.41) is 16.1. The highest BCUT2D eigenvalue weighted by molar-refractivity contribution is 6.34. The van der Waals surface area contributed by atoms with Gasteiger partial charge in [-0.1, -0.05) is 64.4 Å². The quantitative estimate of drug-likeness (QED) is 0.0850. The van der Waals surface area contributed by atoms with Gasteiger partial charge in [-0.25, -0.2) is 9.59 Å². The minimum Gasteiger partial charge on any atom is -0.507 e. The summed E-state index contributed by atoms with van der Waals surface area (Å²) in [6.07, 6.45) is 1.36. The van der Waals surface area contributed by atoms with Crippen LogP contribution in [0.15, 0.2) is 60.7 Å². The molecule has 274 valence electrons. The second kappa shape index (κ2) is 22.9. The summed E-state index contributed by atoms with van der Waals surface area (Å²) in [6, 6.07) is 14.7. The van der Waals surface area contributed by atoms with E-state index >= 15 is 0 Å². The van der Waals surface area contributed by atoms with Crippen LogP contribution < -0.4 is 25.2 Å². The highest BCUT2D eigenvalue weighted by Gasteiger charge is 2.27. The molecule has 0 aliphatic carbocycles. The number of phenols is 1. The van der Waals surface area contributed by atoms with Crippen molar-refractivity contribution in [2.75, 3.05) is 43.6 Å². The van der Waals surface area contributed by atoms with E-state index in [-0.39, 0.29) is 22.8 Å². The monoisotopic (exact) mass is 712 g/mol. The summed E-state index contributed by atoms with van der Waals surface area (Å²) in [7, 11) is 3.18. The van der Waals surface area contributed by atoms with E-state index in [9.17, 15) is 24.3 Å². The average molecular weight is 713 g/mol. The van der Waals surface area contributed by atoms with E-state index in [0.717, 1.165) is 13.0 Å². The molecule has 0 saturated carbocycles. The van der Waals surface area contributed by atoms with Gasteiger partial charge in [-0.2, -0.15) is 0 Å². The predicted octanol–water partition coefficient (Wildman–Crippen LogP) is 7.27. The lowest BCUT2D eigenvalue weighted by atomic mass is 10.0. The fourth-order valence-corrected chi connectivity index (χ4v) is 4.83. The average Bonchev–Trinajstić information content (AvgIpc) is 3.11. The van der Waals surface area contributed by atoms with Crippen LogP contribution in [0.5, 0.6) is 11.5 Å². The molecule has 0 spiro atoms. The first-order chi connectivity index (χ1) is 24.0. The lowest BCUT2D eigenvalue weighted by Gasteiger charge is -2.26. The van der Waals surface area contributed by atoms with Gasteiger partial charge in [0.2, 0.25) is 0 Å². The van der Waals surface area contributed by atoms with E-state index in [1.807, 2.05) is 27.7 Å². The molecule has 12 heteroatoms. The van der Waals surface area contributed by atoms with E-state index in [2.05, 4.69) is 17.6 Å². The molecule has 3 aromatic carbocycles. The van der Waals surface area contributed by atoms with Gasteiger partial charge in [0.15, 0.2) is 6.29 Å². The molecule has 3 rings (SSSR count). The Kier molecular flexibility index (Phi) is 19.9. The predicted molar refractivity (Wildman–Crippen MR) is 201 cm³/mol. The number of carbonyl (C=O) groups is 4. The third kappa shape index (κ3) is 13.0. The lowest BCUT2D eigenvalue weighted by molar-refractivity contribution is -0.149. The second-order valence-electron chi connectivity index (χ2n) is 10.9. The van der Waals surface area contributed by atoms with Crippen LogP contribution in [0.4, 0.5) is 16.2 Å². The largest absolute Gasteiger partial charge is 0.507 e. The van der Waals surface area contributed by atoms with Crippen molar-refractivity contribution in [2.24, 2.45) is 0 Å². The number of ether oxygens (including phenoxy) is 2. The maximum absolute atomic E-state index is 13.4. The van der Waals surface area contributed by atoms with Gasteiger partial charge in [0.25, 0.3) is 5.91 Å². The molecule has 0 aliphatic rings. The Labute approximate surface area is 301 Å². The zero-order chi connectivity index (χ0) is 37.8. The molecule has 1 unspecified atom stereocenters. The summed E-state index contributed by atoms with van der Waals surface area (Å²) in [5.74, 6) is -1.16. The molecule has 0 aliphatic heterocycles. The Morgan fingerprint density at radius 2 is 1.60 bits per heavy atom. The summed E-state index contributed by atoms with van der Waals surface area (Å²) in [4.78, 5) is 54.0. The maximum Gasteiger partial charge on any atom is 0.329 e. The van der Waals surface area contributed by atoms with Crippen molar-refractivity contribution in [1.29, 1.82) is 0 Å². The Morgan fingerprint density at radius 1 is 0.940 bits per heavy atom. The number of halogens is 1. The number of carbonyl (C=O) groups excluding carboxylic acids is 4. The third-order valence-electron chi connectivity index (χ3n) is 6.96. The zero-order valence-corrected chi connectivity index (χ0v) is 31.5. The standard InChI is InChI=1S/C34H41ClN4O7.2C2H6/c1-6-16-36-17-18-45-26-14-15-29(24(20-26)21-40)39(5)34(44)38(4)25-12-10-23(11-13-25)19-28(33(43)46-22(2)3)37-32(42)31-27(35)8-7-9-30(31)41;2*1-2/h7-15,20-22,28,36,41H,6,16-19H2,1-5H3,(H,37,42);2*1-2H3. The highest BCUT2D eigenvalue weighted by atomic mass is 35.5. The number of amides is 3. The van der Waals surface area contributed by atoms with Gasteiger partial charge in [0.1, 0.15) is 24.1 Å². The molecular formula is C38H53ClN4O7. The number of hydrogen-bond donors (Lipinski definition) is 3. The molecule has 3 N–H and O–H groups in total. The van der Waals surface area contributed by atoms with Crippen LogP contribution in [0.25, 0.3) is 0 Å². The number of anilines is 2. The lowest BCUT2D eigenvalue weighted by Crippen LogP contribution is -2.44. The first-order valence-corrected chi connectivity index (χ1v) is 17.4. The SMILES string of the molecule is CC.CC.CCCNCCOc1ccc(N(C)C(=O)N(C)c2ccc(CC(NC(=O)c3c(O)cccc3Cl)C(=O)OC(C)C)cc2)c(C=O)c1. The van der Waals surface area contributed by atoms with Crippen molar-refractivity contribution >= 4 is 47.2 Å². The van der Waals surface area contributed by atoms with Crippen LogP contribution in [-0.2, 0) is 16.0 Å². The van der Waals surface area contributed by atoms with Crippen LogP contribution in [0, 0.1) is 0 Å². The van der Waals surface area contributed by atoms with Gasteiger partial charge in [-0.3, -0.25) is 19.4 Å². The second-order valence-corrected chi connectivity index (χ2v) is 11.3. The first-order valence-electron chi connectivity index (χ1n) is 17.0. The number of nitrogens with one attached hydrogen (secondary N) is 2. The van der Waals surface area contributed by atoms with Gasteiger partial charge >= 0.3 is 12.0 Å². The Hall–Kier alpha value is -4.61. The van der Waals surface area contributed by atoms with E-state index in [0.29, 0.717) is 47.7 Å². The molecule has 1 atom stereocenters. The van der Waals surface area contributed by atoms with Crippen molar-refractivity contribution < 1.29 is 33.8 Å². The van der Waals surface area contributed by atoms with E-state index in [1.54, 1.807) is 70.4 Å². The molecule has 0 heterocycles. The molecule has 0 bridgehead atoms. The summed E-state index contributed by atoms with van der Waals surface area (Å²) < 4.78 is 11.1. The van der Waals surface area contributed by atoms with Crippen molar-refractivity contribution in [2.45, 2.75) is 73.5 Å². The topological polar surface area (TPSA) is 138 Å². The van der Waals surface area contributed by atoms with Crippen LogP contribution >= 0.6 is 11.6 Å². The molecule has 3 amide bonds.